The predicted molar refractivity (Wildman–Crippen MR) is 103 cm³/mol. The maximum atomic E-state index is 5.11. The number of aromatic nitrogens is 3. The number of hydrogen-bond donors (Lipinski definition) is 1. The number of guanidine groups is 1. The summed E-state index contributed by atoms with van der Waals surface area (Å²) in [5.74, 6) is 3.08. The predicted octanol–water partition coefficient (Wildman–Crippen LogP) is 1.29. The van der Waals surface area contributed by atoms with Crippen molar-refractivity contribution in [1.82, 2.24) is 25.3 Å². The van der Waals surface area contributed by atoms with Crippen LogP contribution in [0.1, 0.15) is 11.7 Å². The van der Waals surface area contributed by atoms with Crippen molar-refractivity contribution in [2.24, 2.45) is 4.99 Å². The molecule has 24 heavy (non-hydrogen) atoms. The molecule has 0 bridgehead atoms. The zero-order valence-electron chi connectivity index (χ0n) is 13.8. The number of piperazine rings is 1. The fourth-order valence-electron chi connectivity index (χ4n) is 2.59. The number of aryl methyl sites for hydroxylation is 1. The number of rotatable bonds is 3. The average molecular weight is 443 g/mol. The second-order valence-electron chi connectivity index (χ2n) is 5.30. The molecule has 1 N–H and O–H groups in total. The minimum atomic E-state index is 0. The lowest BCUT2D eigenvalue weighted by Gasteiger charge is -2.36. The molecule has 0 spiro atoms. The molecule has 3 rings (SSSR count). The van der Waals surface area contributed by atoms with Gasteiger partial charge in [-0.15, -0.1) is 24.0 Å². The minimum absolute atomic E-state index is 0. The molecule has 0 amide bonds. The highest BCUT2D eigenvalue weighted by Crippen LogP contribution is 2.12. The molecule has 2 aromatic rings. The summed E-state index contributed by atoms with van der Waals surface area (Å²) in [6, 6.07) is 5.99. The Bertz CT molecular complexity index is 653. The SMILES string of the molecule is CN=C(NCc1nc(C)no1)N1CCN(c2ccccn2)CC1.I. The summed E-state index contributed by atoms with van der Waals surface area (Å²) in [5, 5.41) is 7.05. The Morgan fingerprint density at radius 1 is 1.29 bits per heavy atom. The molecule has 130 valence electrons. The summed E-state index contributed by atoms with van der Waals surface area (Å²) in [6.07, 6.45) is 1.83. The molecule has 9 heteroatoms. The van der Waals surface area contributed by atoms with Gasteiger partial charge in [0.05, 0.1) is 6.54 Å². The van der Waals surface area contributed by atoms with Crippen LogP contribution in [0.15, 0.2) is 33.9 Å². The normalized spacial score (nSPS) is 15.2. The molecular formula is C15H22IN7O. The van der Waals surface area contributed by atoms with E-state index in [1.54, 1.807) is 14.0 Å². The number of aliphatic imine (C=N–C) groups is 1. The lowest BCUT2D eigenvalue weighted by molar-refractivity contribution is 0.353. The standard InChI is InChI=1S/C15H21N7O.HI/c1-12-19-14(23-20-12)11-18-15(16-2)22-9-7-21(8-10-22)13-5-3-4-6-17-13;/h3-6H,7-11H2,1-2H3,(H,16,18);1H. The van der Waals surface area contributed by atoms with Crippen LogP contribution in [0.25, 0.3) is 0 Å². The molecule has 1 saturated heterocycles. The van der Waals surface area contributed by atoms with Gasteiger partial charge in [0.15, 0.2) is 11.8 Å². The van der Waals surface area contributed by atoms with Crippen molar-refractivity contribution in [3.05, 3.63) is 36.1 Å². The summed E-state index contributed by atoms with van der Waals surface area (Å²) in [5.41, 5.74) is 0. The quantitative estimate of drug-likeness (QED) is 0.435. The van der Waals surface area contributed by atoms with Gasteiger partial charge in [-0.25, -0.2) is 4.98 Å². The van der Waals surface area contributed by atoms with Gasteiger partial charge in [-0.2, -0.15) is 4.98 Å². The Morgan fingerprint density at radius 2 is 2.08 bits per heavy atom. The van der Waals surface area contributed by atoms with Gasteiger partial charge < -0.3 is 19.6 Å². The van der Waals surface area contributed by atoms with Crippen LogP contribution in [0.2, 0.25) is 0 Å². The smallest absolute Gasteiger partial charge is 0.246 e. The van der Waals surface area contributed by atoms with Crippen LogP contribution in [0.3, 0.4) is 0 Å². The number of anilines is 1. The fraction of sp³-hybridized carbons (Fsp3) is 0.467. The topological polar surface area (TPSA) is 82.7 Å². The van der Waals surface area contributed by atoms with E-state index in [0.29, 0.717) is 18.3 Å². The zero-order chi connectivity index (χ0) is 16.1. The van der Waals surface area contributed by atoms with Crippen molar-refractivity contribution >= 4 is 35.8 Å². The van der Waals surface area contributed by atoms with Gasteiger partial charge in [0.2, 0.25) is 5.89 Å². The van der Waals surface area contributed by atoms with E-state index in [1.807, 2.05) is 24.4 Å². The van der Waals surface area contributed by atoms with Gasteiger partial charge in [-0.3, -0.25) is 4.99 Å². The second-order valence-corrected chi connectivity index (χ2v) is 5.30. The molecule has 8 nitrogen and oxygen atoms in total. The number of pyridine rings is 1. The van der Waals surface area contributed by atoms with E-state index in [1.165, 1.54) is 0 Å². The average Bonchev–Trinajstić information content (AvgIpc) is 3.02. The molecule has 0 aliphatic carbocycles. The van der Waals surface area contributed by atoms with Crippen molar-refractivity contribution in [3.8, 4) is 0 Å². The van der Waals surface area contributed by atoms with Crippen molar-refractivity contribution < 1.29 is 4.52 Å². The Morgan fingerprint density at radius 3 is 2.67 bits per heavy atom. The van der Waals surface area contributed by atoms with E-state index >= 15 is 0 Å². The lowest BCUT2D eigenvalue weighted by Crippen LogP contribution is -2.52. The summed E-state index contributed by atoms with van der Waals surface area (Å²) < 4.78 is 5.11. The third kappa shape index (κ3) is 4.56. The minimum Gasteiger partial charge on any atom is -0.353 e. The van der Waals surface area contributed by atoms with E-state index in [-0.39, 0.29) is 24.0 Å². The van der Waals surface area contributed by atoms with E-state index in [0.717, 1.165) is 38.0 Å². The second kappa shape index (κ2) is 8.81. The number of nitrogens with one attached hydrogen (secondary N) is 1. The zero-order valence-corrected chi connectivity index (χ0v) is 16.2. The molecule has 0 radical (unpaired) electrons. The largest absolute Gasteiger partial charge is 0.353 e. The Labute approximate surface area is 158 Å². The van der Waals surface area contributed by atoms with Gasteiger partial charge in [0.25, 0.3) is 0 Å². The van der Waals surface area contributed by atoms with Crippen LogP contribution in [0.4, 0.5) is 5.82 Å². The lowest BCUT2D eigenvalue weighted by atomic mass is 10.3. The summed E-state index contributed by atoms with van der Waals surface area (Å²) >= 11 is 0. The first-order valence-corrected chi connectivity index (χ1v) is 7.67. The van der Waals surface area contributed by atoms with E-state index in [2.05, 4.69) is 35.2 Å². The first-order chi connectivity index (χ1) is 11.3. The van der Waals surface area contributed by atoms with Crippen molar-refractivity contribution in [3.63, 3.8) is 0 Å². The first-order valence-electron chi connectivity index (χ1n) is 7.67. The Kier molecular flexibility index (Phi) is 6.76. The Balaban J connectivity index is 0.00000208. The third-order valence-electron chi connectivity index (χ3n) is 3.73. The summed E-state index contributed by atoms with van der Waals surface area (Å²) in [4.78, 5) is 17.4. The first kappa shape index (κ1) is 18.4. The van der Waals surface area contributed by atoms with Crippen LogP contribution in [-0.2, 0) is 6.54 Å². The van der Waals surface area contributed by atoms with E-state index < -0.39 is 0 Å². The number of halogens is 1. The summed E-state index contributed by atoms with van der Waals surface area (Å²) in [6.45, 7) is 5.89. The van der Waals surface area contributed by atoms with E-state index in [4.69, 9.17) is 4.52 Å². The highest BCUT2D eigenvalue weighted by molar-refractivity contribution is 14.0. The van der Waals surface area contributed by atoms with Crippen LogP contribution < -0.4 is 10.2 Å². The number of hydrogen-bond acceptors (Lipinski definition) is 6. The molecule has 0 saturated carbocycles. The monoisotopic (exact) mass is 443 g/mol. The van der Waals surface area contributed by atoms with Crippen molar-refractivity contribution in [1.29, 1.82) is 0 Å². The van der Waals surface area contributed by atoms with E-state index in [9.17, 15) is 0 Å². The van der Waals surface area contributed by atoms with Crippen LogP contribution in [-0.4, -0.2) is 59.2 Å². The molecule has 0 aromatic carbocycles. The summed E-state index contributed by atoms with van der Waals surface area (Å²) in [7, 11) is 1.78. The van der Waals surface area contributed by atoms with Crippen molar-refractivity contribution in [2.75, 3.05) is 38.1 Å². The van der Waals surface area contributed by atoms with Crippen LogP contribution >= 0.6 is 24.0 Å². The fourth-order valence-corrected chi connectivity index (χ4v) is 2.59. The van der Waals surface area contributed by atoms with Gasteiger partial charge in [-0.05, 0) is 19.1 Å². The molecule has 1 aliphatic heterocycles. The highest BCUT2D eigenvalue weighted by atomic mass is 127. The molecule has 0 atom stereocenters. The molecule has 3 heterocycles. The highest BCUT2D eigenvalue weighted by Gasteiger charge is 2.20. The molecule has 2 aromatic heterocycles. The maximum absolute atomic E-state index is 5.11. The van der Waals surface area contributed by atoms with Crippen LogP contribution in [0, 0.1) is 6.92 Å². The van der Waals surface area contributed by atoms with Gasteiger partial charge in [0, 0.05) is 39.4 Å². The van der Waals surface area contributed by atoms with Gasteiger partial charge in [-0.1, -0.05) is 11.2 Å². The van der Waals surface area contributed by atoms with Crippen molar-refractivity contribution in [2.45, 2.75) is 13.5 Å². The molecular weight excluding hydrogens is 421 g/mol. The van der Waals surface area contributed by atoms with Crippen LogP contribution in [0.5, 0.6) is 0 Å². The number of nitrogens with zero attached hydrogens (tertiary/aromatic N) is 6. The van der Waals surface area contributed by atoms with Gasteiger partial charge >= 0.3 is 0 Å². The maximum Gasteiger partial charge on any atom is 0.246 e. The third-order valence-corrected chi connectivity index (χ3v) is 3.73. The van der Waals surface area contributed by atoms with Gasteiger partial charge in [0.1, 0.15) is 5.82 Å². The molecule has 0 unspecified atom stereocenters. The molecule has 1 fully saturated rings. The Hall–Kier alpha value is -1.91. The molecule has 1 aliphatic rings.